The lowest BCUT2D eigenvalue weighted by Crippen LogP contribution is -2.25. The molecule has 0 atom stereocenters. The van der Waals surface area contributed by atoms with Crippen LogP contribution < -0.4 is 5.32 Å². The molecule has 6 heteroatoms. The molecule has 4 rings (SSSR count). The smallest absolute Gasteiger partial charge is 0.251 e. The van der Waals surface area contributed by atoms with Gasteiger partial charge in [0.25, 0.3) is 5.91 Å². The maximum absolute atomic E-state index is 12.6. The summed E-state index contributed by atoms with van der Waals surface area (Å²) in [7, 11) is 0. The number of hydrogen-bond donors (Lipinski definition) is 1. The lowest BCUT2D eigenvalue weighted by molar-refractivity contribution is 0.0952. The zero-order chi connectivity index (χ0) is 21.1. The van der Waals surface area contributed by atoms with Crippen LogP contribution in [0.4, 0.5) is 0 Å². The predicted octanol–water partition coefficient (Wildman–Crippen LogP) is 4.98. The first-order valence-corrected chi connectivity index (χ1v) is 10.5. The number of halogens is 1. The van der Waals surface area contributed by atoms with E-state index in [0.29, 0.717) is 23.7 Å². The largest absolute Gasteiger partial charge is 0.352 e. The summed E-state index contributed by atoms with van der Waals surface area (Å²) in [6, 6.07) is 16.4. The molecule has 0 bridgehead atoms. The minimum atomic E-state index is -0.0525. The molecule has 0 saturated heterocycles. The number of nitrogens with one attached hydrogen (secondary N) is 1. The van der Waals surface area contributed by atoms with Crippen molar-refractivity contribution in [2.24, 2.45) is 0 Å². The Bertz CT molecular complexity index is 1180. The van der Waals surface area contributed by atoms with E-state index >= 15 is 0 Å². The van der Waals surface area contributed by atoms with Crippen LogP contribution in [0.2, 0.25) is 5.02 Å². The van der Waals surface area contributed by atoms with Gasteiger partial charge in [-0.2, -0.15) is 5.10 Å². The molecule has 2 aromatic carbocycles. The Morgan fingerprint density at radius 1 is 1.13 bits per heavy atom. The number of fused-ring (bicyclic) bond motifs is 1. The number of rotatable bonds is 7. The molecule has 4 aromatic rings. The number of aryl methyl sites for hydroxylation is 2. The van der Waals surface area contributed by atoms with Crippen LogP contribution >= 0.6 is 11.6 Å². The fraction of sp³-hybridized carbons (Fsp3) is 0.250. The second kappa shape index (κ2) is 8.76. The average molecular weight is 421 g/mol. The maximum atomic E-state index is 12.6. The van der Waals surface area contributed by atoms with Crippen LogP contribution in [-0.4, -0.2) is 26.8 Å². The molecule has 1 N–H and O–H groups in total. The number of carbonyl (C=O) groups is 1. The fourth-order valence-electron chi connectivity index (χ4n) is 3.77. The summed E-state index contributed by atoms with van der Waals surface area (Å²) in [4.78, 5) is 12.6. The van der Waals surface area contributed by atoms with Gasteiger partial charge in [-0.15, -0.1) is 0 Å². The molecule has 1 amide bonds. The number of amides is 1. The lowest BCUT2D eigenvalue weighted by Gasteiger charge is -2.09. The van der Waals surface area contributed by atoms with Crippen LogP contribution in [0.15, 0.2) is 60.9 Å². The van der Waals surface area contributed by atoms with E-state index in [1.165, 1.54) is 16.8 Å². The highest BCUT2D eigenvalue weighted by atomic mass is 35.5. The van der Waals surface area contributed by atoms with Crippen LogP contribution in [0.5, 0.6) is 0 Å². The van der Waals surface area contributed by atoms with Gasteiger partial charge in [0.05, 0.1) is 11.2 Å². The minimum Gasteiger partial charge on any atom is -0.352 e. The van der Waals surface area contributed by atoms with E-state index < -0.39 is 0 Å². The Labute approximate surface area is 181 Å². The molecule has 0 radical (unpaired) electrons. The number of carbonyl (C=O) groups excluding carboxylic acids is 1. The Morgan fingerprint density at radius 3 is 2.67 bits per heavy atom. The van der Waals surface area contributed by atoms with E-state index in [0.717, 1.165) is 23.9 Å². The Balaban J connectivity index is 1.46. The van der Waals surface area contributed by atoms with Gasteiger partial charge in [-0.1, -0.05) is 41.9 Å². The first-order valence-electron chi connectivity index (χ1n) is 10.1. The molecule has 0 spiro atoms. The molecule has 0 saturated carbocycles. The first-order chi connectivity index (χ1) is 14.5. The highest BCUT2D eigenvalue weighted by Crippen LogP contribution is 2.27. The van der Waals surface area contributed by atoms with E-state index in [-0.39, 0.29) is 5.91 Å². The van der Waals surface area contributed by atoms with E-state index in [4.69, 9.17) is 11.6 Å². The second-order valence-corrected chi connectivity index (χ2v) is 7.98. The van der Waals surface area contributed by atoms with Gasteiger partial charge in [0, 0.05) is 48.0 Å². The van der Waals surface area contributed by atoms with Gasteiger partial charge in [0.1, 0.15) is 0 Å². The summed E-state index contributed by atoms with van der Waals surface area (Å²) in [6.45, 7) is 6.38. The highest BCUT2D eigenvalue weighted by Gasteiger charge is 2.14. The minimum absolute atomic E-state index is 0.0525. The topological polar surface area (TPSA) is 51.9 Å². The summed E-state index contributed by atoms with van der Waals surface area (Å²) in [6.07, 6.45) is 4.18. The van der Waals surface area contributed by atoms with Crippen LogP contribution in [0, 0.1) is 13.8 Å². The van der Waals surface area contributed by atoms with E-state index in [2.05, 4.69) is 59.2 Å². The molecule has 2 aromatic heterocycles. The average Bonchev–Trinajstić information content (AvgIpc) is 3.28. The fourth-order valence-corrected chi connectivity index (χ4v) is 3.92. The summed E-state index contributed by atoms with van der Waals surface area (Å²) >= 11 is 5.87. The number of benzene rings is 2. The number of hydrogen-bond acceptors (Lipinski definition) is 2. The van der Waals surface area contributed by atoms with Crippen molar-refractivity contribution in [3.63, 3.8) is 0 Å². The Kier molecular flexibility index (Phi) is 5.91. The van der Waals surface area contributed by atoms with Crippen molar-refractivity contribution in [1.29, 1.82) is 0 Å². The van der Waals surface area contributed by atoms with Crippen molar-refractivity contribution in [3.05, 3.63) is 88.3 Å². The maximum Gasteiger partial charge on any atom is 0.251 e. The zero-order valence-corrected chi connectivity index (χ0v) is 18.0. The Hall–Kier alpha value is -3.05. The molecular formula is C24H25ClN4O. The van der Waals surface area contributed by atoms with Gasteiger partial charge < -0.3 is 9.88 Å². The Morgan fingerprint density at radius 2 is 1.93 bits per heavy atom. The van der Waals surface area contributed by atoms with Crippen molar-refractivity contribution in [1.82, 2.24) is 19.7 Å². The van der Waals surface area contributed by atoms with Crippen molar-refractivity contribution < 1.29 is 4.79 Å². The van der Waals surface area contributed by atoms with Crippen LogP contribution in [-0.2, 0) is 13.1 Å². The van der Waals surface area contributed by atoms with Gasteiger partial charge in [-0.05, 0) is 49.6 Å². The molecule has 0 aliphatic rings. The molecule has 0 fully saturated rings. The molecular weight excluding hydrogens is 396 g/mol. The SMILES string of the molecule is Cc1c(C)n(Cc2ccccc2)c2ccc(C(=O)NCCCn3cc(Cl)cn3)cc12. The lowest BCUT2D eigenvalue weighted by atomic mass is 10.1. The molecule has 0 aliphatic carbocycles. The summed E-state index contributed by atoms with van der Waals surface area (Å²) in [5, 5.41) is 8.90. The molecule has 154 valence electrons. The van der Waals surface area contributed by atoms with Crippen molar-refractivity contribution >= 4 is 28.4 Å². The standard InChI is InChI=1S/C24H25ClN4O/c1-17-18(2)29(15-19-7-4-3-5-8-19)23-10-9-20(13-22(17)23)24(30)26-11-6-12-28-16-21(25)14-27-28/h3-5,7-10,13-14,16H,6,11-12,15H2,1-2H3,(H,26,30). The van der Waals surface area contributed by atoms with E-state index in [1.807, 2.05) is 18.2 Å². The zero-order valence-electron chi connectivity index (χ0n) is 17.2. The third-order valence-electron chi connectivity index (χ3n) is 5.54. The molecule has 2 heterocycles. The van der Waals surface area contributed by atoms with Crippen LogP contribution in [0.1, 0.15) is 33.6 Å². The van der Waals surface area contributed by atoms with Gasteiger partial charge in [0.15, 0.2) is 0 Å². The summed E-state index contributed by atoms with van der Waals surface area (Å²) in [5.74, 6) is -0.0525. The normalized spacial score (nSPS) is 11.2. The quantitative estimate of drug-likeness (QED) is 0.429. The summed E-state index contributed by atoms with van der Waals surface area (Å²) < 4.78 is 4.10. The molecule has 0 unspecified atom stereocenters. The third kappa shape index (κ3) is 4.26. The summed E-state index contributed by atoms with van der Waals surface area (Å²) in [5.41, 5.74) is 5.54. The van der Waals surface area contributed by atoms with Gasteiger partial charge in [-0.25, -0.2) is 0 Å². The van der Waals surface area contributed by atoms with Crippen molar-refractivity contribution in [2.45, 2.75) is 33.4 Å². The molecule has 30 heavy (non-hydrogen) atoms. The van der Waals surface area contributed by atoms with Crippen molar-refractivity contribution in [2.75, 3.05) is 6.54 Å². The highest BCUT2D eigenvalue weighted by molar-refractivity contribution is 6.30. The monoisotopic (exact) mass is 420 g/mol. The third-order valence-corrected chi connectivity index (χ3v) is 5.73. The van der Waals surface area contributed by atoms with E-state index in [1.54, 1.807) is 17.1 Å². The van der Waals surface area contributed by atoms with Gasteiger partial charge in [0.2, 0.25) is 0 Å². The second-order valence-electron chi connectivity index (χ2n) is 7.55. The van der Waals surface area contributed by atoms with Crippen LogP contribution in [0.25, 0.3) is 10.9 Å². The van der Waals surface area contributed by atoms with Gasteiger partial charge >= 0.3 is 0 Å². The number of aromatic nitrogens is 3. The molecule has 5 nitrogen and oxygen atoms in total. The van der Waals surface area contributed by atoms with Crippen molar-refractivity contribution in [3.8, 4) is 0 Å². The molecule has 0 aliphatic heterocycles. The van der Waals surface area contributed by atoms with Gasteiger partial charge in [-0.3, -0.25) is 9.48 Å². The number of nitrogens with zero attached hydrogens (tertiary/aromatic N) is 3. The van der Waals surface area contributed by atoms with E-state index in [9.17, 15) is 4.79 Å². The predicted molar refractivity (Wildman–Crippen MR) is 121 cm³/mol. The van der Waals surface area contributed by atoms with Crippen LogP contribution in [0.3, 0.4) is 0 Å². The first kappa shape index (κ1) is 20.2.